The molecule has 1 aromatic carbocycles. The smallest absolute Gasteiger partial charge is 0.262 e. The van der Waals surface area contributed by atoms with E-state index in [0.29, 0.717) is 18.2 Å². The number of nitrogens with one attached hydrogen (secondary N) is 1. The first-order chi connectivity index (χ1) is 13.4. The highest BCUT2D eigenvalue weighted by Crippen LogP contribution is 2.25. The Morgan fingerprint density at radius 2 is 1.96 bits per heavy atom. The average Bonchev–Trinajstić information content (AvgIpc) is 2.68. The number of nitrogens with two attached hydrogens (primary N) is 1. The summed E-state index contributed by atoms with van der Waals surface area (Å²) in [5.74, 6) is -2.27. The molecule has 2 aromatic rings. The Morgan fingerprint density at radius 1 is 1.25 bits per heavy atom. The van der Waals surface area contributed by atoms with Gasteiger partial charge in [-0.3, -0.25) is 14.8 Å². The van der Waals surface area contributed by atoms with Gasteiger partial charge < -0.3 is 16.0 Å². The molecule has 2 heterocycles. The molecule has 0 fully saturated rings. The van der Waals surface area contributed by atoms with Crippen molar-refractivity contribution in [1.82, 2.24) is 14.9 Å². The zero-order chi connectivity index (χ0) is 20.3. The molecule has 3 N–H and O–H groups in total. The van der Waals surface area contributed by atoms with Crippen molar-refractivity contribution in [3.8, 4) is 0 Å². The van der Waals surface area contributed by atoms with Crippen molar-refractivity contribution >= 4 is 23.3 Å². The second-order valence-electron chi connectivity index (χ2n) is 6.35. The van der Waals surface area contributed by atoms with Crippen LogP contribution in [0.5, 0.6) is 0 Å². The fourth-order valence-electron chi connectivity index (χ4n) is 2.94. The van der Waals surface area contributed by atoms with E-state index in [0.717, 1.165) is 30.7 Å². The van der Waals surface area contributed by atoms with Crippen LogP contribution in [0.25, 0.3) is 5.57 Å². The molecule has 0 atom stereocenters. The summed E-state index contributed by atoms with van der Waals surface area (Å²) in [6.45, 7) is 3.34. The molecular formula is C19H20F2N6O. The summed E-state index contributed by atoms with van der Waals surface area (Å²) in [6.07, 6.45) is 3.68. The van der Waals surface area contributed by atoms with Gasteiger partial charge in [-0.05, 0) is 31.1 Å². The van der Waals surface area contributed by atoms with E-state index < -0.39 is 23.1 Å². The second-order valence-corrected chi connectivity index (χ2v) is 6.35. The maximum absolute atomic E-state index is 13.7. The summed E-state index contributed by atoms with van der Waals surface area (Å²) < 4.78 is 27.4. The fraction of sp³-hybridized carbons (Fsp3) is 0.263. The zero-order valence-corrected chi connectivity index (χ0v) is 15.5. The average molecular weight is 386 g/mol. The topological polar surface area (TPSA) is 96.5 Å². The third-order valence-electron chi connectivity index (χ3n) is 4.57. The van der Waals surface area contributed by atoms with Crippen LogP contribution < -0.4 is 11.1 Å². The number of carbonyl (C=O) groups excluding carboxylic acids is 1. The number of halogens is 2. The quantitative estimate of drug-likeness (QED) is 0.624. The van der Waals surface area contributed by atoms with E-state index in [-0.39, 0.29) is 5.82 Å². The van der Waals surface area contributed by atoms with Crippen molar-refractivity contribution < 1.29 is 13.6 Å². The van der Waals surface area contributed by atoms with Gasteiger partial charge in [0.25, 0.3) is 5.91 Å². The molecule has 9 heteroatoms. The monoisotopic (exact) mass is 386 g/mol. The number of nitrogens with zero attached hydrogens (tertiary/aromatic N) is 4. The van der Waals surface area contributed by atoms with Crippen molar-refractivity contribution in [3.05, 3.63) is 59.1 Å². The Balaban J connectivity index is 1.77. The maximum atomic E-state index is 13.7. The minimum atomic E-state index is -0.944. The normalized spacial score (nSPS) is 15.0. The Morgan fingerprint density at radius 3 is 2.57 bits per heavy atom. The van der Waals surface area contributed by atoms with Crippen LogP contribution in [0.15, 0.2) is 41.2 Å². The minimum Gasteiger partial charge on any atom is -0.370 e. The molecule has 0 unspecified atom stereocenters. The third kappa shape index (κ3) is 3.98. The fourth-order valence-corrected chi connectivity index (χ4v) is 2.94. The molecule has 0 saturated heterocycles. The van der Waals surface area contributed by atoms with Crippen LogP contribution in [0.1, 0.15) is 29.4 Å². The van der Waals surface area contributed by atoms with Gasteiger partial charge in [-0.15, -0.1) is 0 Å². The highest BCUT2D eigenvalue weighted by Gasteiger charge is 2.21. The first-order valence-electron chi connectivity index (χ1n) is 8.64. The van der Waals surface area contributed by atoms with E-state index in [9.17, 15) is 13.6 Å². The second kappa shape index (κ2) is 8.12. The lowest BCUT2D eigenvalue weighted by Gasteiger charge is -2.30. The van der Waals surface area contributed by atoms with Crippen LogP contribution in [0, 0.1) is 11.6 Å². The molecule has 0 saturated carbocycles. The molecule has 7 nitrogen and oxygen atoms in total. The molecule has 28 heavy (non-hydrogen) atoms. The van der Waals surface area contributed by atoms with Gasteiger partial charge >= 0.3 is 0 Å². The van der Waals surface area contributed by atoms with Crippen molar-refractivity contribution in [2.45, 2.75) is 13.3 Å². The molecule has 3 rings (SSSR count). The SMILES string of the molecule is CN=C(N)N1CCC(C)=C(c2cnc(NC(=O)c3c(F)cccc3F)cn2)C1. The Kier molecular flexibility index (Phi) is 5.62. The summed E-state index contributed by atoms with van der Waals surface area (Å²) >= 11 is 0. The maximum Gasteiger partial charge on any atom is 0.262 e. The van der Waals surface area contributed by atoms with E-state index in [2.05, 4.69) is 20.3 Å². The number of anilines is 1. The standard InChI is InChI=1S/C19H20F2N6O/c1-11-6-7-27(19(22)23-2)10-12(11)15-8-25-16(9-24-15)26-18(28)17-13(20)4-3-5-14(17)21/h3-5,8-9H,6-7,10H2,1-2H3,(H2,22,23)(H,25,26,28). The molecule has 0 bridgehead atoms. The number of carbonyl (C=O) groups is 1. The van der Waals surface area contributed by atoms with E-state index in [4.69, 9.17) is 5.73 Å². The number of aromatic nitrogens is 2. The lowest BCUT2D eigenvalue weighted by molar-refractivity contribution is 0.101. The molecular weight excluding hydrogens is 366 g/mol. The summed E-state index contributed by atoms with van der Waals surface area (Å²) in [5.41, 5.74) is 8.02. The van der Waals surface area contributed by atoms with Crippen LogP contribution in [-0.2, 0) is 0 Å². The predicted molar refractivity (Wildman–Crippen MR) is 103 cm³/mol. The third-order valence-corrected chi connectivity index (χ3v) is 4.57. The van der Waals surface area contributed by atoms with Crippen LogP contribution in [0.4, 0.5) is 14.6 Å². The Hall–Kier alpha value is -3.36. The molecule has 0 spiro atoms. The molecule has 1 aromatic heterocycles. The summed E-state index contributed by atoms with van der Waals surface area (Å²) in [4.78, 5) is 26.6. The largest absolute Gasteiger partial charge is 0.370 e. The van der Waals surface area contributed by atoms with Crippen molar-refractivity contribution in [2.75, 3.05) is 25.5 Å². The van der Waals surface area contributed by atoms with E-state index >= 15 is 0 Å². The van der Waals surface area contributed by atoms with Gasteiger partial charge in [-0.25, -0.2) is 13.8 Å². The first kappa shape index (κ1) is 19.4. The lowest BCUT2D eigenvalue weighted by Crippen LogP contribution is -2.41. The number of aliphatic imine (C=N–C) groups is 1. The van der Waals surface area contributed by atoms with E-state index in [1.807, 2.05) is 11.8 Å². The molecule has 0 radical (unpaired) electrons. The van der Waals surface area contributed by atoms with Crippen LogP contribution in [-0.4, -0.2) is 46.9 Å². The Bertz CT molecular complexity index is 935. The summed E-state index contributed by atoms with van der Waals surface area (Å²) in [5, 5.41) is 2.36. The zero-order valence-electron chi connectivity index (χ0n) is 15.5. The van der Waals surface area contributed by atoms with Crippen LogP contribution in [0.2, 0.25) is 0 Å². The van der Waals surface area contributed by atoms with Gasteiger partial charge in [-0.2, -0.15) is 0 Å². The molecule has 1 amide bonds. The molecule has 0 aliphatic carbocycles. The van der Waals surface area contributed by atoms with E-state index in [1.165, 1.54) is 24.0 Å². The number of hydrogen-bond donors (Lipinski definition) is 2. The van der Waals surface area contributed by atoms with Gasteiger partial charge in [0.2, 0.25) is 0 Å². The van der Waals surface area contributed by atoms with Crippen molar-refractivity contribution in [1.29, 1.82) is 0 Å². The predicted octanol–water partition coefficient (Wildman–Crippen LogP) is 2.43. The number of amides is 1. The van der Waals surface area contributed by atoms with Gasteiger partial charge in [0, 0.05) is 20.1 Å². The van der Waals surface area contributed by atoms with Gasteiger partial charge in [0.05, 0.1) is 18.1 Å². The summed E-state index contributed by atoms with van der Waals surface area (Å²) in [7, 11) is 1.63. The first-order valence-corrected chi connectivity index (χ1v) is 8.64. The van der Waals surface area contributed by atoms with E-state index in [1.54, 1.807) is 7.05 Å². The number of guanidine groups is 1. The highest BCUT2D eigenvalue weighted by molar-refractivity contribution is 6.04. The number of rotatable bonds is 3. The van der Waals surface area contributed by atoms with Crippen molar-refractivity contribution in [2.24, 2.45) is 10.7 Å². The number of hydrogen-bond acceptors (Lipinski definition) is 4. The van der Waals surface area contributed by atoms with Crippen LogP contribution in [0.3, 0.4) is 0 Å². The number of benzene rings is 1. The lowest BCUT2D eigenvalue weighted by atomic mass is 9.99. The molecule has 146 valence electrons. The van der Waals surface area contributed by atoms with Gasteiger partial charge in [0.15, 0.2) is 11.8 Å². The highest BCUT2D eigenvalue weighted by atomic mass is 19.1. The molecule has 1 aliphatic rings. The summed E-state index contributed by atoms with van der Waals surface area (Å²) in [6, 6.07) is 3.22. The molecule has 1 aliphatic heterocycles. The van der Waals surface area contributed by atoms with Gasteiger partial charge in [-0.1, -0.05) is 11.6 Å². The van der Waals surface area contributed by atoms with Crippen molar-refractivity contribution in [3.63, 3.8) is 0 Å². The van der Waals surface area contributed by atoms with Gasteiger partial charge in [0.1, 0.15) is 17.2 Å². The minimum absolute atomic E-state index is 0.0944. The van der Waals surface area contributed by atoms with Crippen LogP contribution >= 0.6 is 0 Å². The Labute approximate surface area is 161 Å².